The number of carbonyl (C=O) groups is 2. The molecule has 0 fully saturated rings. The lowest BCUT2D eigenvalue weighted by atomic mass is 10.1. The lowest BCUT2D eigenvalue weighted by Crippen LogP contribution is -2.17. The van der Waals surface area contributed by atoms with E-state index in [0.717, 1.165) is 10.9 Å². The monoisotopic (exact) mass is 217 g/mol. The first-order valence-electron chi connectivity index (χ1n) is 4.76. The van der Waals surface area contributed by atoms with Crippen LogP contribution in [-0.2, 0) is 0 Å². The van der Waals surface area contributed by atoms with Crippen molar-refractivity contribution in [3.8, 4) is 0 Å². The molecular weight excluding hydrogens is 206 g/mol. The number of hydrogen-bond donors (Lipinski definition) is 3. The highest BCUT2D eigenvalue weighted by atomic mass is 16.2. The second kappa shape index (κ2) is 3.69. The van der Waals surface area contributed by atoms with Crippen molar-refractivity contribution in [1.82, 2.24) is 10.3 Å². The Morgan fingerprint density at radius 3 is 2.69 bits per heavy atom. The molecule has 0 unspecified atom stereocenters. The highest BCUT2D eigenvalue weighted by Gasteiger charge is 2.08. The van der Waals surface area contributed by atoms with E-state index < -0.39 is 5.91 Å². The maximum atomic E-state index is 11.4. The average Bonchev–Trinajstić information content (AvgIpc) is 2.70. The number of fused-ring (bicyclic) bond motifs is 1. The molecule has 2 aromatic rings. The number of primary amides is 1. The van der Waals surface area contributed by atoms with Crippen LogP contribution in [0.3, 0.4) is 0 Å². The van der Waals surface area contributed by atoms with Crippen molar-refractivity contribution in [3.05, 3.63) is 35.5 Å². The zero-order valence-corrected chi connectivity index (χ0v) is 8.70. The van der Waals surface area contributed by atoms with Crippen LogP contribution in [0, 0.1) is 0 Å². The molecule has 1 aromatic heterocycles. The molecule has 0 aliphatic rings. The Kier molecular flexibility index (Phi) is 2.36. The van der Waals surface area contributed by atoms with E-state index in [1.807, 2.05) is 0 Å². The lowest BCUT2D eigenvalue weighted by Gasteiger charge is -1.94. The number of amides is 2. The minimum absolute atomic E-state index is 0.197. The highest BCUT2D eigenvalue weighted by molar-refractivity contribution is 6.01. The lowest BCUT2D eigenvalue weighted by molar-refractivity contribution is 0.0957. The molecule has 0 saturated carbocycles. The Hall–Kier alpha value is -2.30. The fourth-order valence-electron chi connectivity index (χ4n) is 1.54. The van der Waals surface area contributed by atoms with E-state index in [1.54, 1.807) is 31.3 Å². The summed E-state index contributed by atoms with van der Waals surface area (Å²) in [7, 11) is 1.56. The van der Waals surface area contributed by atoms with Gasteiger partial charge >= 0.3 is 0 Å². The van der Waals surface area contributed by atoms with E-state index in [9.17, 15) is 9.59 Å². The van der Waals surface area contributed by atoms with Crippen molar-refractivity contribution in [2.45, 2.75) is 0 Å². The summed E-state index contributed by atoms with van der Waals surface area (Å²) in [5, 5.41) is 3.38. The smallest absolute Gasteiger partial charge is 0.267 e. The molecule has 0 bridgehead atoms. The first-order chi connectivity index (χ1) is 7.61. The molecule has 2 rings (SSSR count). The second-order valence-corrected chi connectivity index (χ2v) is 3.43. The van der Waals surface area contributed by atoms with Gasteiger partial charge in [0.1, 0.15) is 5.69 Å². The van der Waals surface area contributed by atoms with E-state index in [2.05, 4.69) is 10.3 Å². The van der Waals surface area contributed by atoms with Gasteiger partial charge in [-0.25, -0.2) is 0 Å². The minimum atomic E-state index is -0.488. The maximum Gasteiger partial charge on any atom is 0.267 e. The third-order valence-electron chi connectivity index (χ3n) is 2.38. The molecule has 1 aromatic carbocycles. The van der Waals surface area contributed by atoms with Crippen molar-refractivity contribution in [2.24, 2.45) is 5.73 Å². The van der Waals surface area contributed by atoms with Crippen LogP contribution >= 0.6 is 0 Å². The van der Waals surface area contributed by atoms with Crippen molar-refractivity contribution < 1.29 is 9.59 Å². The Balaban J connectivity index is 2.54. The summed E-state index contributed by atoms with van der Waals surface area (Å²) in [4.78, 5) is 25.3. The molecular formula is C11H11N3O2. The van der Waals surface area contributed by atoms with Gasteiger partial charge in [-0.2, -0.15) is 0 Å². The standard InChI is InChI=1S/C11H11N3O2/c1-13-11(16)9-4-6-2-3-7(10(12)15)5-8(6)14-9/h2-5,14H,1H3,(H2,12,15)(H,13,16). The van der Waals surface area contributed by atoms with Gasteiger partial charge in [-0.1, -0.05) is 6.07 Å². The summed E-state index contributed by atoms with van der Waals surface area (Å²) < 4.78 is 0. The number of aromatic amines is 1. The van der Waals surface area contributed by atoms with Crippen molar-refractivity contribution in [2.75, 3.05) is 7.05 Å². The summed E-state index contributed by atoms with van der Waals surface area (Å²) in [5.74, 6) is -0.685. The number of carbonyl (C=O) groups excluding carboxylic acids is 2. The summed E-state index contributed by atoms with van der Waals surface area (Å²) in [6.45, 7) is 0. The number of nitrogens with one attached hydrogen (secondary N) is 2. The molecule has 2 amide bonds. The van der Waals surface area contributed by atoms with Crippen LogP contribution in [0.5, 0.6) is 0 Å². The van der Waals surface area contributed by atoms with Gasteiger partial charge < -0.3 is 16.0 Å². The molecule has 0 radical (unpaired) electrons. The van der Waals surface area contributed by atoms with Crippen molar-refractivity contribution >= 4 is 22.7 Å². The Morgan fingerprint density at radius 2 is 2.06 bits per heavy atom. The topological polar surface area (TPSA) is 88.0 Å². The van der Waals surface area contributed by atoms with E-state index in [1.165, 1.54) is 0 Å². The summed E-state index contributed by atoms with van der Waals surface area (Å²) >= 11 is 0. The summed E-state index contributed by atoms with van der Waals surface area (Å²) in [6, 6.07) is 6.73. The fraction of sp³-hybridized carbons (Fsp3) is 0.0909. The first-order valence-corrected chi connectivity index (χ1v) is 4.76. The number of aromatic nitrogens is 1. The van der Waals surface area contributed by atoms with E-state index in [4.69, 9.17) is 5.73 Å². The number of nitrogens with two attached hydrogens (primary N) is 1. The molecule has 0 aliphatic heterocycles. The number of hydrogen-bond acceptors (Lipinski definition) is 2. The molecule has 0 saturated heterocycles. The van der Waals surface area contributed by atoms with Crippen LogP contribution in [0.4, 0.5) is 0 Å². The highest BCUT2D eigenvalue weighted by Crippen LogP contribution is 2.16. The third-order valence-corrected chi connectivity index (χ3v) is 2.38. The molecule has 1 heterocycles. The van der Waals surface area contributed by atoms with E-state index in [0.29, 0.717) is 11.3 Å². The van der Waals surface area contributed by atoms with Crippen LogP contribution in [0.15, 0.2) is 24.3 Å². The van der Waals surface area contributed by atoms with E-state index >= 15 is 0 Å². The van der Waals surface area contributed by atoms with Crippen molar-refractivity contribution in [3.63, 3.8) is 0 Å². The number of benzene rings is 1. The molecule has 0 spiro atoms. The van der Waals surface area contributed by atoms with Gasteiger partial charge in [0.25, 0.3) is 5.91 Å². The SMILES string of the molecule is CNC(=O)c1cc2ccc(C(N)=O)cc2[nH]1. The Labute approximate surface area is 91.6 Å². The van der Waals surface area contributed by atoms with Gasteiger partial charge in [0.15, 0.2) is 0 Å². The van der Waals surface area contributed by atoms with Crippen molar-refractivity contribution in [1.29, 1.82) is 0 Å². The third kappa shape index (κ3) is 1.63. The molecule has 16 heavy (non-hydrogen) atoms. The average molecular weight is 217 g/mol. The quantitative estimate of drug-likeness (QED) is 0.688. The predicted octanol–water partition coefficient (Wildman–Crippen LogP) is 0.626. The number of rotatable bonds is 2. The summed E-state index contributed by atoms with van der Waals surface area (Å²) in [5.41, 5.74) is 6.76. The van der Waals surface area contributed by atoms with Crippen LogP contribution < -0.4 is 11.1 Å². The molecule has 5 nitrogen and oxygen atoms in total. The summed E-state index contributed by atoms with van der Waals surface area (Å²) in [6.07, 6.45) is 0. The predicted molar refractivity (Wildman–Crippen MR) is 60.2 cm³/mol. The molecule has 0 atom stereocenters. The molecule has 4 N–H and O–H groups in total. The molecule has 5 heteroatoms. The van der Waals surface area contributed by atoms with Crippen LogP contribution in [0.1, 0.15) is 20.8 Å². The van der Waals surface area contributed by atoms with Gasteiger partial charge in [0, 0.05) is 23.5 Å². The number of H-pyrrole nitrogens is 1. The Bertz CT molecular complexity index is 572. The van der Waals surface area contributed by atoms with Gasteiger partial charge in [-0.15, -0.1) is 0 Å². The molecule has 82 valence electrons. The van der Waals surface area contributed by atoms with Crippen LogP contribution in [0.25, 0.3) is 10.9 Å². The largest absolute Gasteiger partial charge is 0.366 e. The zero-order chi connectivity index (χ0) is 11.7. The van der Waals surface area contributed by atoms with Gasteiger partial charge in [-0.05, 0) is 18.2 Å². The maximum absolute atomic E-state index is 11.4. The van der Waals surface area contributed by atoms with E-state index in [-0.39, 0.29) is 5.91 Å². The molecule has 0 aliphatic carbocycles. The van der Waals surface area contributed by atoms with Crippen LogP contribution in [0.2, 0.25) is 0 Å². The van der Waals surface area contributed by atoms with Crippen LogP contribution in [-0.4, -0.2) is 23.8 Å². The minimum Gasteiger partial charge on any atom is -0.366 e. The van der Waals surface area contributed by atoms with Gasteiger partial charge in [-0.3, -0.25) is 9.59 Å². The van der Waals surface area contributed by atoms with Gasteiger partial charge in [0.05, 0.1) is 0 Å². The second-order valence-electron chi connectivity index (χ2n) is 3.43. The first kappa shape index (κ1) is 10.2. The zero-order valence-electron chi connectivity index (χ0n) is 8.70. The van der Waals surface area contributed by atoms with Gasteiger partial charge in [0.2, 0.25) is 5.91 Å². The Morgan fingerprint density at radius 1 is 1.31 bits per heavy atom. The fourth-order valence-corrected chi connectivity index (χ4v) is 1.54. The normalized spacial score (nSPS) is 10.3.